The normalized spacial score (nSPS) is 13.9. The topological polar surface area (TPSA) is 71.2 Å². The highest BCUT2D eigenvalue weighted by Crippen LogP contribution is 2.24. The van der Waals surface area contributed by atoms with Gasteiger partial charge in [-0.1, -0.05) is 6.07 Å². The maximum Gasteiger partial charge on any atom is 0.142 e. The van der Waals surface area contributed by atoms with Crippen molar-refractivity contribution in [3.05, 3.63) is 59.1 Å². The summed E-state index contributed by atoms with van der Waals surface area (Å²) in [5.74, 6) is 1.36. The smallest absolute Gasteiger partial charge is 0.142 e. The van der Waals surface area contributed by atoms with Gasteiger partial charge in [-0.05, 0) is 38.1 Å². The molecule has 120 valence electrons. The number of aryl methyl sites for hydroxylation is 1. The zero-order valence-electron chi connectivity index (χ0n) is 13.1. The summed E-state index contributed by atoms with van der Waals surface area (Å²) >= 11 is 1.60. The Hall–Kier alpha value is -2.02. The van der Waals surface area contributed by atoms with Crippen LogP contribution in [0, 0.1) is 6.92 Å². The lowest BCUT2D eigenvalue weighted by Crippen LogP contribution is -2.34. The molecule has 0 aliphatic heterocycles. The third-order valence-electron chi connectivity index (χ3n) is 3.48. The summed E-state index contributed by atoms with van der Waals surface area (Å²) in [6.07, 6.45) is 3.60. The Balaban J connectivity index is 1.58. The first kappa shape index (κ1) is 15.9. The monoisotopic (exact) mass is 329 g/mol. The molecule has 0 aromatic carbocycles. The number of thiazole rings is 1. The van der Waals surface area contributed by atoms with Crippen LogP contribution in [0.25, 0.3) is 10.7 Å². The van der Waals surface area contributed by atoms with E-state index in [-0.39, 0.29) is 0 Å². The lowest BCUT2D eigenvalue weighted by molar-refractivity contribution is 0.0333. The first-order valence-electron chi connectivity index (χ1n) is 7.41. The molecule has 3 rings (SSSR count). The Morgan fingerprint density at radius 1 is 1.26 bits per heavy atom. The predicted octanol–water partition coefficient (Wildman–Crippen LogP) is 3.10. The molecule has 0 spiro atoms. The largest absolute Gasteiger partial charge is 0.463 e. The Bertz CT molecular complexity index is 765. The number of pyridine rings is 1. The summed E-state index contributed by atoms with van der Waals surface area (Å²) in [6.45, 7) is 4.64. The van der Waals surface area contributed by atoms with Gasteiger partial charge in [0.15, 0.2) is 0 Å². The quantitative estimate of drug-likeness (QED) is 0.727. The van der Waals surface area contributed by atoms with Gasteiger partial charge in [0.25, 0.3) is 0 Å². The molecule has 3 aromatic heterocycles. The summed E-state index contributed by atoms with van der Waals surface area (Å²) in [4.78, 5) is 9.79. The van der Waals surface area contributed by atoms with Gasteiger partial charge in [0, 0.05) is 30.4 Å². The molecule has 0 aliphatic carbocycles. The van der Waals surface area contributed by atoms with E-state index in [1.165, 1.54) is 0 Å². The van der Waals surface area contributed by atoms with Gasteiger partial charge in [0.05, 0.1) is 5.69 Å². The van der Waals surface area contributed by atoms with Crippen LogP contribution in [0.5, 0.6) is 0 Å². The van der Waals surface area contributed by atoms with Crippen LogP contribution in [0.4, 0.5) is 0 Å². The molecule has 3 heterocycles. The van der Waals surface area contributed by atoms with Crippen molar-refractivity contribution in [3.8, 4) is 10.7 Å². The molecule has 1 atom stereocenters. The van der Waals surface area contributed by atoms with Crippen LogP contribution in [-0.2, 0) is 12.1 Å². The molecule has 0 radical (unpaired) electrons. The molecule has 3 aromatic rings. The van der Waals surface area contributed by atoms with Gasteiger partial charge in [0.1, 0.15) is 22.1 Å². The average molecular weight is 329 g/mol. The van der Waals surface area contributed by atoms with E-state index in [4.69, 9.17) is 4.42 Å². The zero-order valence-corrected chi connectivity index (χ0v) is 13.9. The van der Waals surface area contributed by atoms with Crippen LogP contribution in [-0.4, -0.2) is 21.6 Å². The van der Waals surface area contributed by atoms with Gasteiger partial charge in [-0.2, -0.15) is 0 Å². The maximum atomic E-state index is 10.5. The Labute approximate surface area is 139 Å². The number of aliphatic hydroxyl groups is 1. The van der Waals surface area contributed by atoms with Gasteiger partial charge in [-0.3, -0.25) is 4.98 Å². The van der Waals surface area contributed by atoms with E-state index in [2.05, 4.69) is 15.3 Å². The van der Waals surface area contributed by atoms with Crippen molar-refractivity contribution in [1.29, 1.82) is 0 Å². The van der Waals surface area contributed by atoms with Crippen LogP contribution in [0.3, 0.4) is 0 Å². The minimum Gasteiger partial charge on any atom is -0.463 e. The van der Waals surface area contributed by atoms with Gasteiger partial charge in [-0.25, -0.2) is 4.98 Å². The number of rotatable bonds is 6. The summed E-state index contributed by atoms with van der Waals surface area (Å²) in [5.41, 5.74) is -0.162. The highest BCUT2D eigenvalue weighted by molar-refractivity contribution is 7.14. The van der Waals surface area contributed by atoms with E-state index in [0.717, 1.165) is 21.3 Å². The SMILES string of the molecule is Cc1ccc(C(C)(O)CNCc2cnc(-c3ccccn3)s2)o1. The molecule has 5 nitrogen and oxygen atoms in total. The van der Waals surface area contributed by atoms with E-state index in [9.17, 15) is 5.11 Å². The fraction of sp³-hybridized carbons (Fsp3) is 0.294. The molecule has 2 N–H and O–H groups in total. The molecular weight excluding hydrogens is 310 g/mol. The highest BCUT2D eigenvalue weighted by atomic mass is 32.1. The molecule has 0 saturated carbocycles. The van der Waals surface area contributed by atoms with E-state index >= 15 is 0 Å². The van der Waals surface area contributed by atoms with Gasteiger partial charge < -0.3 is 14.8 Å². The second kappa shape index (κ2) is 6.62. The summed E-state index contributed by atoms with van der Waals surface area (Å²) in [5, 5.41) is 14.6. The van der Waals surface area contributed by atoms with Crippen molar-refractivity contribution in [2.45, 2.75) is 26.0 Å². The molecule has 0 aliphatic rings. The fourth-order valence-electron chi connectivity index (χ4n) is 2.24. The Morgan fingerprint density at radius 3 is 2.83 bits per heavy atom. The molecule has 0 fully saturated rings. The van der Waals surface area contributed by atoms with Crippen LogP contribution in [0.2, 0.25) is 0 Å². The van der Waals surface area contributed by atoms with Crippen molar-refractivity contribution in [3.63, 3.8) is 0 Å². The van der Waals surface area contributed by atoms with Crippen LogP contribution < -0.4 is 5.32 Å². The van der Waals surface area contributed by atoms with Crippen molar-refractivity contribution in [2.75, 3.05) is 6.54 Å². The first-order chi connectivity index (χ1) is 11.0. The zero-order chi connectivity index (χ0) is 16.3. The second-order valence-electron chi connectivity index (χ2n) is 5.63. The second-order valence-corrected chi connectivity index (χ2v) is 6.75. The standard InChI is InChI=1S/C17H19N3O2S/c1-12-6-7-15(22-12)17(2,21)11-18-9-13-10-20-16(23-13)14-5-3-4-8-19-14/h3-8,10,18,21H,9,11H2,1-2H3. The molecule has 23 heavy (non-hydrogen) atoms. The molecule has 1 unspecified atom stereocenters. The number of nitrogens with one attached hydrogen (secondary N) is 1. The number of furan rings is 1. The molecule has 0 bridgehead atoms. The summed E-state index contributed by atoms with van der Waals surface area (Å²) in [7, 11) is 0. The third-order valence-corrected chi connectivity index (χ3v) is 4.50. The van der Waals surface area contributed by atoms with Gasteiger partial charge in [0.2, 0.25) is 0 Å². The Kier molecular flexibility index (Phi) is 4.56. The number of nitrogens with zero attached hydrogens (tertiary/aromatic N) is 2. The van der Waals surface area contributed by atoms with Crippen LogP contribution >= 0.6 is 11.3 Å². The fourth-order valence-corrected chi connectivity index (χ4v) is 3.10. The Morgan fingerprint density at radius 2 is 2.13 bits per heavy atom. The van der Waals surface area contributed by atoms with Crippen molar-refractivity contribution < 1.29 is 9.52 Å². The lowest BCUT2D eigenvalue weighted by atomic mass is 10.0. The minimum absolute atomic E-state index is 0.400. The van der Waals surface area contributed by atoms with Crippen molar-refractivity contribution in [2.24, 2.45) is 0 Å². The average Bonchev–Trinajstić information content (AvgIpc) is 3.17. The van der Waals surface area contributed by atoms with E-state index in [0.29, 0.717) is 18.8 Å². The maximum absolute atomic E-state index is 10.5. The van der Waals surface area contributed by atoms with Gasteiger partial charge in [-0.15, -0.1) is 11.3 Å². The van der Waals surface area contributed by atoms with Crippen LogP contribution in [0.1, 0.15) is 23.3 Å². The van der Waals surface area contributed by atoms with Gasteiger partial charge >= 0.3 is 0 Å². The van der Waals surface area contributed by atoms with Crippen molar-refractivity contribution in [1.82, 2.24) is 15.3 Å². The number of aromatic nitrogens is 2. The minimum atomic E-state index is -1.04. The molecule has 6 heteroatoms. The molecule has 0 saturated heterocycles. The van der Waals surface area contributed by atoms with E-state index < -0.39 is 5.60 Å². The predicted molar refractivity (Wildman–Crippen MR) is 90.1 cm³/mol. The third kappa shape index (κ3) is 3.85. The number of hydrogen-bond donors (Lipinski definition) is 2. The molecule has 0 amide bonds. The summed E-state index contributed by atoms with van der Waals surface area (Å²) < 4.78 is 5.50. The van der Waals surface area contributed by atoms with Crippen LogP contribution in [0.15, 0.2) is 47.1 Å². The first-order valence-corrected chi connectivity index (χ1v) is 8.22. The highest BCUT2D eigenvalue weighted by Gasteiger charge is 2.26. The number of hydrogen-bond acceptors (Lipinski definition) is 6. The molecular formula is C17H19N3O2S. The summed E-state index contributed by atoms with van der Waals surface area (Å²) in [6, 6.07) is 9.44. The van der Waals surface area contributed by atoms with E-state index in [1.807, 2.05) is 43.5 Å². The lowest BCUT2D eigenvalue weighted by Gasteiger charge is -2.21. The van der Waals surface area contributed by atoms with E-state index in [1.54, 1.807) is 24.5 Å². The van der Waals surface area contributed by atoms with Crippen molar-refractivity contribution >= 4 is 11.3 Å².